The Balaban J connectivity index is 2.49. The number of hydrogen-bond donors (Lipinski definition) is 1. The van der Waals surface area contributed by atoms with Gasteiger partial charge in [0.25, 0.3) is 0 Å². The van der Waals surface area contributed by atoms with Crippen LogP contribution in [0.2, 0.25) is 5.02 Å². The lowest BCUT2D eigenvalue weighted by atomic mass is 10.2. The van der Waals surface area contributed by atoms with Gasteiger partial charge in [-0.05, 0) is 24.7 Å². The summed E-state index contributed by atoms with van der Waals surface area (Å²) in [6.07, 6.45) is 0. The number of carbonyl (C=O) groups is 1. The highest BCUT2D eigenvalue weighted by molar-refractivity contribution is 6.30. The van der Waals surface area contributed by atoms with Gasteiger partial charge in [-0.1, -0.05) is 23.7 Å². The summed E-state index contributed by atoms with van der Waals surface area (Å²) in [5.74, 6) is 0.0749. The van der Waals surface area contributed by atoms with Crippen molar-refractivity contribution >= 4 is 17.5 Å². The van der Waals surface area contributed by atoms with Gasteiger partial charge in [-0.25, -0.2) is 0 Å². The molecule has 1 amide bonds. The molecule has 18 heavy (non-hydrogen) atoms. The van der Waals surface area contributed by atoms with Crippen molar-refractivity contribution in [2.24, 2.45) is 5.73 Å². The van der Waals surface area contributed by atoms with E-state index in [2.05, 4.69) is 0 Å². The number of benzene rings is 1. The molecule has 0 fully saturated rings. The van der Waals surface area contributed by atoms with Gasteiger partial charge in [-0.3, -0.25) is 9.69 Å². The van der Waals surface area contributed by atoms with Crippen LogP contribution in [0.3, 0.4) is 0 Å². The molecule has 0 radical (unpaired) electrons. The lowest BCUT2D eigenvalue weighted by Gasteiger charge is -2.21. The number of rotatable bonds is 6. The molecule has 0 bridgehead atoms. The van der Waals surface area contributed by atoms with Crippen molar-refractivity contribution in [2.75, 3.05) is 33.7 Å². The molecule has 0 aliphatic rings. The summed E-state index contributed by atoms with van der Waals surface area (Å²) < 4.78 is 0. The Hall–Kier alpha value is -1.10. The number of amides is 1. The van der Waals surface area contributed by atoms with E-state index in [0.717, 1.165) is 12.1 Å². The number of likely N-dealkylation sites (N-methyl/N-ethyl adjacent to an activating group) is 2. The van der Waals surface area contributed by atoms with E-state index in [0.29, 0.717) is 24.7 Å². The number of carbonyl (C=O) groups excluding carboxylic acids is 1. The molecule has 0 aliphatic heterocycles. The number of halogens is 1. The molecule has 0 spiro atoms. The lowest BCUT2D eigenvalue weighted by molar-refractivity contribution is -0.131. The molecule has 1 aromatic carbocycles. The Kier molecular flexibility index (Phi) is 6.12. The zero-order valence-electron chi connectivity index (χ0n) is 10.9. The van der Waals surface area contributed by atoms with Gasteiger partial charge >= 0.3 is 0 Å². The molecule has 2 N–H and O–H groups in total. The minimum absolute atomic E-state index is 0.0749. The summed E-state index contributed by atoms with van der Waals surface area (Å²) >= 11 is 5.91. The third kappa shape index (κ3) is 5.04. The molecular formula is C13H20ClN3O. The Labute approximate surface area is 113 Å². The van der Waals surface area contributed by atoms with Crippen molar-refractivity contribution in [3.05, 3.63) is 34.9 Å². The highest BCUT2D eigenvalue weighted by Crippen LogP contribution is 2.12. The SMILES string of the molecule is CN(CCN)CC(=O)N(C)Cc1cccc(Cl)c1. The Bertz CT molecular complexity index is 398. The number of nitrogens with two attached hydrogens (primary N) is 1. The van der Waals surface area contributed by atoms with Gasteiger partial charge in [-0.2, -0.15) is 0 Å². The fourth-order valence-electron chi connectivity index (χ4n) is 1.65. The van der Waals surface area contributed by atoms with Crippen LogP contribution in [-0.2, 0) is 11.3 Å². The summed E-state index contributed by atoms with van der Waals surface area (Å²) in [5.41, 5.74) is 6.47. The predicted molar refractivity (Wildman–Crippen MR) is 74.5 cm³/mol. The topological polar surface area (TPSA) is 49.6 Å². The van der Waals surface area contributed by atoms with E-state index in [1.165, 1.54) is 0 Å². The average molecular weight is 270 g/mol. The van der Waals surface area contributed by atoms with Crippen molar-refractivity contribution in [1.82, 2.24) is 9.80 Å². The van der Waals surface area contributed by atoms with Crippen molar-refractivity contribution in [2.45, 2.75) is 6.54 Å². The lowest BCUT2D eigenvalue weighted by Crippen LogP contribution is -2.38. The fraction of sp³-hybridized carbons (Fsp3) is 0.462. The van der Waals surface area contributed by atoms with Crippen LogP contribution < -0.4 is 5.73 Å². The van der Waals surface area contributed by atoms with Crippen LogP contribution in [0, 0.1) is 0 Å². The third-order valence-corrected chi connectivity index (χ3v) is 2.89. The van der Waals surface area contributed by atoms with Gasteiger partial charge in [0.2, 0.25) is 5.91 Å². The van der Waals surface area contributed by atoms with Gasteiger partial charge in [0, 0.05) is 31.7 Å². The van der Waals surface area contributed by atoms with Crippen molar-refractivity contribution < 1.29 is 4.79 Å². The Morgan fingerprint density at radius 3 is 2.72 bits per heavy atom. The van der Waals surface area contributed by atoms with E-state index < -0.39 is 0 Å². The first-order valence-corrected chi connectivity index (χ1v) is 6.27. The van der Waals surface area contributed by atoms with Gasteiger partial charge < -0.3 is 10.6 Å². The van der Waals surface area contributed by atoms with Gasteiger partial charge in [0.15, 0.2) is 0 Å². The van der Waals surface area contributed by atoms with E-state index in [1.54, 1.807) is 11.9 Å². The van der Waals surface area contributed by atoms with Crippen LogP contribution in [0.15, 0.2) is 24.3 Å². The second-order valence-corrected chi connectivity index (χ2v) is 4.84. The molecular weight excluding hydrogens is 250 g/mol. The molecule has 100 valence electrons. The second-order valence-electron chi connectivity index (χ2n) is 4.41. The minimum Gasteiger partial charge on any atom is -0.340 e. The summed E-state index contributed by atoms with van der Waals surface area (Å²) in [6.45, 7) is 2.22. The van der Waals surface area contributed by atoms with Crippen LogP contribution in [0.1, 0.15) is 5.56 Å². The van der Waals surface area contributed by atoms with E-state index >= 15 is 0 Å². The maximum Gasteiger partial charge on any atom is 0.236 e. The monoisotopic (exact) mass is 269 g/mol. The van der Waals surface area contributed by atoms with E-state index in [1.807, 2.05) is 36.2 Å². The Morgan fingerprint density at radius 1 is 1.39 bits per heavy atom. The van der Waals surface area contributed by atoms with Crippen LogP contribution in [0.4, 0.5) is 0 Å². The Morgan fingerprint density at radius 2 is 2.11 bits per heavy atom. The zero-order chi connectivity index (χ0) is 13.5. The van der Waals surface area contributed by atoms with Gasteiger partial charge in [0.05, 0.1) is 6.54 Å². The van der Waals surface area contributed by atoms with Crippen molar-refractivity contribution in [3.8, 4) is 0 Å². The second kappa shape index (κ2) is 7.36. The summed E-state index contributed by atoms with van der Waals surface area (Å²) in [6, 6.07) is 7.53. The number of hydrogen-bond acceptors (Lipinski definition) is 3. The summed E-state index contributed by atoms with van der Waals surface area (Å²) in [7, 11) is 3.68. The zero-order valence-corrected chi connectivity index (χ0v) is 11.7. The van der Waals surface area contributed by atoms with Crippen LogP contribution in [0.25, 0.3) is 0 Å². The first-order valence-electron chi connectivity index (χ1n) is 5.90. The molecule has 0 aromatic heterocycles. The minimum atomic E-state index is 0.0749. The van der Waals surface area contributed by atoms with E-state index in [4.69, 9.17) is 17.3 Å². The molecule has 0 atom stereocenters. The molecule has 5 heteroatoms. The summed E-state index contributed by atoms with van der Waals surface area (Å²) in [4.78, 5) is 15.5. The quantitative estimate of drug-likeness (QED) is 0.844. The molecule has 1 rings (SSSR count). The van der Waals surface area contributed by atoms with Crippen LogP contribution in [-0.4, -0.2) is 49.4 Å². The van der Waals surface area contributed by atoms with Crippen LogP contribution >= 0.6 is 11.6 Å². The van der Waals surface area contributed by atoms with Crippen LogP contribution in [0.5, 0.6) is 0 Å². The fourth-order valence-corrected chi connectivity index (χ4v) is 1.86. The number of nitrogens with zero attached hydrogens (tertiary/aromatic N) is 2. The van der Waals surface area contributed by atoms with Crippen molar-refractivity contribution in [3.63, 3.8) is 0 Å². The molecule has 1 aromatic rings. The largest absolute Gasteiger partial charge is 0.340 e. The first-order chi connectivity index (χ1) is 8.52. The molecule has 0 saturated carbocycles. The van der Waals surface area contributed by atoms with Gasteiger partial charge in [0.1, 0.15) is 0 Å². The summed E-state index contributed by atoms with van der Waals surface area (Å²) in [5, 5.41) is 0.689. The van der Waals surface area contributed by atoms with E-state index in [9.17, 15) is 4.79 Å². The van der Waals surface area contributed by atoms with Gasteiger partial charge in [-0.15, -0.1) is 0 Å². The normalized spacial score (nSPS) is 10.7. The third-order valence-electron chi connectivity index (χ3n) is 2.65. The molecule has 0 unspecified atom stereocenters. The standard InChI is InChI=1S/C13H20ClN3O/c1-16(7-6-15)10-13(18)17(2)9-11-4-3-5-12(14)8-11/h3-5,8H,6-7,9-10,15H2,1-2H3. The smallest absolute Gasteiger partial charge is 0.236 e. The highest BCUT2D eigenvalue weighted by atomic mass is 35.5. The predicted octanol–water partition coefficient (Wildman–Crippen LogP) is 1.19. The molecule has 0 heterocycles. The highest BCUT2D eigenvalue weighted by Gasteiger charge is 2.11. The maximum atomic E-state index is 11.9. The van der Waals surface area contributed by atoms with Crippen molar-refractivity contribution in [1.29, 1.82) is 0 Å². The average Bonchev–Trinajstić information content (AvgIpc) is 2.29. The molecule has 0 saturated heterocycles. The molecule has 0 aliphatic carbocycles. The molecule has 4 nitrogen and oxygen atoms in total. The maximum absolute atomic E-state index is 11.9. The van der Waals surface area contributed by atoms with E-state index in [-0.39, 0.29) is 5.91 Å². The first kappa shape index (κ1) is 15.0.